The number of ether oxygens (including phenoxy) is 2. The average molecular weight is 375 g/mol. The van der Waals surface area contributed by atoms with Gasteiger partial charge in [0.25, 0.3) is 0 Å². The van der Waals surface area contributed by atoms with Crippen molar-refractivity contribution in [2.75, 3.05) is 31.6 Å². The fourth-order valence-electron chi connectivity index (χ4n) is 1.82. The molecule has 7 nitrogen and oxygen atoms in total. The van der Waals surface area contributed by atoms with Crippen molar-refractivity contribution in [1.82, 2.24) is 10.3 Å². The lowest BCUT2D eigenvalue weighted by atomic mass is 10.2. The van der Waals surface area contributed by atoms with Crippen molar-refractivity contribution in [2.24, 2.45) is 0 Å². The van der Waals surface area contributed by atoms with Gasteiger partial charge >= 0.3 is 18.1 Å². The Labute approximate surface area is 148 Å². The maximum atomic E-state index is 12.8. The van der Waals surface area contributed by atoms with Crippen LogP contribution in [0, 0.1) is 0 Å². The van der Waals surface area contributed by atoms with E-state index in [1.165, 1.54) is 12.3 Å². The van der Waals surface area contributed by atoms with E-state index in [1.54, 1.807) is 13.8 Å². The monoisotopic (exact) mass is 375 g/mol. The van der Waals surface area contributed by atoms with E-state index in [1.807, 2.05) is 0 Å². The van der Waals surface area contributed by atoms with Crippen LogP contribution >= 0.6 is 0 Å². The summed E-state index contributed by atoms with van der Waals surface area (Å²) >= 11 is 0. The zero-order valence-electron chi connectivity index (χ0n) is 14.4. The number of aromatic nitrogens is 1. The topological polar surface area (TPSA) is 89.5 Å². The van der Waals surface area contributed by atoms with E-state index in [-0.39, 0.29) is 37.7 Å². The molecule has 0 fully saturated rings. The van der Waals surface area contributed by atoms with Gasteiger partial charge in [0.05, 0.1) is 18.8 Å². The molecule has 1 aromatic heterocycles. The van der Waals surface area contributed by atoms with Crippen molar-refractivity contribution < 1.29 is 32.2 Å². The first-order valence-electron chi connectivity index (χ1n) is 7.85. The number of nitrogens with one attached hydrogen (secondary N) is 2. The van der Waals surface area contributed by atoms with Gasteiger partial charge in [-0.25, -0.2) is 14.6 Å². The molecular formula is C16H20F3N3O4. The molecule has 0 spiro atoms. The number of anilines is 1. The molecule has 144 valence electrons. The molecule has 0 saturated heterocycles. The van der Waals surface area contributed by atoms with E-state index < -0.39 is 23.7 Å². The van der Waals surface area contributed by atoms with Crippen molar-refractivity contribution in [2.45, 2.75) is 20.0 Å². The molecule has 0 radical (unpaired) electrons. The van der Waals surface area contributed by atoms with Crippen molar-refractivity contribution >= 4 is 17.8 Å². The molecule has 1 heterocycles. The standard InChI is InChI=1S/C16H20F3N3O4/c1-3-25-14(23)11(15(24)26-4-2)10-20-8-9-22-13-12(16(17,18)19)6-5-7-21-13/h5-7,10,20H,3-4,8-9H2,1-2H3,(H,21,22). The number of pyridine rings is 1. The van der Waals surface area contributed by atoms with Crippen molar-refractivity contribution in [3.05, 3.63) is 35.7 Å². The van der Waals surface area contributed by atoms with Gasteiger partial charge in [-0.1, -0.05) is 0 Å². The normalized spacial score (nSPS) is 10.7. The van der Waals surface area contributed by atoms with Crippen LogP contribution in [0.5, 0.6) is 0 Å². The third-order valence-corrected chi connectivity index (χ3v) is 2.91. The molecule has 0 aromatic carbocycles. The van der Waals surface area contributed by atoms with Gasteiger partial charge in [-0.15, -0.1) is 0 Å². The number of esters is 2. The summed E-state index contributed by atoms with van der Waals surface area (Å²) in [6.45, 7) is 3.52. The molecule has 0 aliphatic carbocycles. The number of carbonyl (C=O) groups excluding carboxylic acids is 2. The van der Waals surface area contributed by atoms with Crippen LogP contribution in [0.3, 0.4) is 0 Å². The van der Waals surface area contributed by atoms with Gasteiger partial charge < -0.3 is 20.1 Å². The first-order valence-corrected chi connectivity index (χ1v) is 7.85. The maximum Gasteiger partial charge on any atom is 0.419 e. The Kier molecular flexibility index (Phi) is 8.40. The summed E-state index contributed by atoms with van der Waals surface area (Å²) in [6, 6.07) is 2.11. The zero-order valence-corrected chi connectivity index (χ0v) is 14.4. The predicted octanol–water partition coefficient (Wildman–Crippen LogP) is 2.11. The van der Waals surface area contributed by atoms with Crippen molar-refractivity contribution in [3.63, 3.8) is 0 Å². The number of carbonyl (C=O) groups is 2. The third-order valence-electron chi connectivity index (χ3n) is 2.91. The van der Waals surface area contributed by atoms with Crippen molar-refractivity contribution in [1.29, 1.82) is 0 Å². The van der Waals surface area contributed by atoms with Crippen LogP contribution in [-0.2, 0) is 25.2 Å². The summed E-state index contributed by atoms with van der Waals surface area (Å²) < 4.78 is 48.0. The molecule has 1 aromatic rings. The van der Waals surface area contributed by atoms with Crippen LogP contribution < -0.4 is 10.6 Å². The number of hydrogen-bond acceptors (Lipinski definition) is 7. The molecule has 2 N–H and O–H groups in total. The number of halogens is 3. The second kappa shape index (κ2) is 10.3. The highest BCUT2D eigenvalue weighted by Crippen LogP contribution is 2.33. The summed E-state index contributed by atoms with van der Waals surface area (Å²) in [4.78, 5) is 27.1. The van der Waals surface area contributed by atoms with E-state index in [0.717, 1.165) is 12.3 Å². The number of hydrogen-bond donors (Lipinski definition) is 2. The second-order valence-corrected chi connectivity index (χ2v) is 4.78. The molecule has 0 aliphatic heterocycles. The summed E-state index contributed by atoms with van der Waals surface area (Å²) in [5.41, 5.74) is -1.21. The summed E-state index contributed by atoms with van der Waals surface area (Å²) in [5.74, 6) is -2.01. The number of rotatable bonds is 9. The molecule has 0 unspecified atom stereocenters. The lowest BCUT2D eigenvalue weighted by Crippen LogP contribution is -2.24. The molecule has 10 heteroatoms. The van der Waals surface area contributed by atoms with Gasteiger partial charge in [0, 0.05) is 25.5 Å². The molecule has 26 heavy (non-hydrogen) atoms. The quantitative estimate of drug-likeness (QED) is 0.225. The van der Waals surface area contributed by atoms with Gasteiger partial charge in [-0.2, -0.15) is 13.2 Å². The lowest BCUT2D eigenvalue weighted by molar-refractivity contribution is -0.146. The molecule has 0 saturated carbocycles. The minimum absolute atomic E-state index is 0.0650. The third kappa shape index (κ3) is 6.61. The van der Waals surface area contributed by atoms with Crippen LogP contribution in [0.2, 0.25) is 0 Å². The second-order valence-electron chi connectivity index (χ2n) is 4.78. The lowest BCUT2D eigenvalue weighted by Gasteiger charge is -2.13. The van der Waals surface area contributed by atoms with E-state index in [4.69, 9.17) is 9.47 Å². The van der Waals surface area contributed by atoms with Crippen LogP contribution in [0.1, 0.15) is 19.4 Å². The van der Waals surface area contributed by atoms with E-state index in [0.29, 0.717) is 0 Å². The highest BCUT2D eigenvalue weighted by atomic mass is 19.4. The number of nitrogens with zero attached hydrogens (tertiary/aromatic N) is 1. The van der Waals surface area contributed by atoms with Gasteiger partial charge in [-0.05, 0) is 26.0 Å². The Morgan fingerprint density at radius 3 is 2.31 bits per heavy atom. The molecule has 0 aliphatic rings. The van der Waals surface area contributed by atoms with Gasteiger partial charge in [0.2, 0.25) is 0 Å². The van der Waals surface area contributed by atoms with Crippen LogP contribution in [0.4, 0.5) is 19.0 Å². The van der Waals surface area contributed by atoms with Crippen LogP contribution in [-0.4, -0.2) is 43.2 Å². The Balaban J connectivity index is 2.64. The predicted molar refractivity (Wildman–Crippen MR) is 87.1 cm³/mol. The molecule has 0 bridgehead atoms. The van der Waals surface area contributed by atoms with Gasteiger partial charge in [0.1, 0.15) is 5.82 Å². The van der Waals surface area contributed by atoms with Crippen LogP contribution in [0.25, 0.3) is 0 Å². The summed E-state index contributed by atoms with van der Waals surface area (Å²) in [7, 11) is 0. The minimum atomic E-state index is -4.52. The van der Waals surface area contributed by atoms with Gasteiger partial charge in [-0.3, -0.25) is 0 Å². The fraction of sp³-hybridized carbons (Fsp3) is 0.438. The van der Waals surface area contributed by atoms with Gasteiger partial charge in [0.15, 0.2) is 5.57 Å². The minimum Gasteiger partial charge on any atom is -0.462 e. The Morgan fingerprint density at radius 1 is 1.15 bits per heavy atom. The molecular weight excluding hydrogens is 355 g/mol. The SMILES string of the molecule is CCOC(=O)C(=CNCCNc1ncccc1C(F)(F)F)C(=O)OCC. The Bertz CT molecular complexity index is 628. The zero-order chi connectivity index (χ0) is 19.6. The van der Waals surface area contributed by atoms with E-state index >= 15 is 0 Å². The highest BCUT2D eigenvalue weighted by Gasteiger charge is 2.33. The molecule has 0 amide bonds. The Hall–Kier alpha value is -2.78. The summed E-state index contributed by atoms with van der Waals surface area (Å²) in [6.07, 6.45) is -2.17. The summed E-state index contributed by atoms with van der Waals surface area (Å²) in [5, 5.41) is 5.20. The average Bonchev–Trinajstić information content (AvgIpc) is 2.57. The first-order chi connectivity index (χ1) is 12.3. The Morgan fingerprint density at radius 2 is 1.77 bits per heavy atom. The van der Waals surface area contributed by atoms with Crippen LogP contribution in [0.15, 0.2) is 30.1 Å². The molecule has 0 atom stereocenters. The van der Waals surface area contributed by atoms with E-state index in [9.17, 15) is 22.8 Å². The molecule has 1 rings (SSSR count). The van der Waals surface area contributed by atoms with Crippen molar-refractivity contribution in [3.8, 4) is 0 Å². The number of alkyl halides is 3. The maximum absolute atomic E-state index is 12.8. The van der Waals surface area contributed by atoms with E-state index in [2.05, 4.69) is 15.6 Å². The largest absolute Gasteiger partial charge is 0.462 e. The smallest absolute Gasteiger partial charge is 0.419 e. The first kappa shape index (κ1) is 21.3. The fourth-order valence-corrected chi connectivity index (χ4v) is 1.82. The highest BCUT2D eigenvalue weighted by molar-refractivity contribution is 6.13.